The smallest absolute Gasteiger partial charge is 0.182 e. The number of phenolic OH excluding ortho intramolecular Hbond substituents is 1. The van der Waals surface area contributed by atoms with Crippen LogP contribution in [0.3, 0.4) is 0 Å². The Bertz CT molecular complexity index is 744. The second-order valence-corrected chi connectivity index (χ2v) is 4.17. The zero-order valence-electron chi connectivity index (χ0n) is 10.4. The number of pyridine rings is 1. The average Bonchev–Trinajstić information content (AvgIpc) is 2.74. The van der Waals surface area contributed by atoms with Gasteiger partial charge in [0.2, 0.25) is 0 Å². The van der Waals surface area contributed by atoms with E-state index < -0.39 is 0 Å². The van der Waals surface area contributed by atoms with Crippen LogP contribution in [0.25, 0.3) is 5.65 Å². The first kappa shape index (κ1) is 11.4. The molecule has 1 N–H and O–H groups in total. The molecule has 0 amide bonds. The van der Waals surface area contributed by atoms with Crippen LogP contribution in [0, 0.1) is 6.92 Å². The minimum atomic E-state index is 0.213. The molecule has 0 spiro atoms. The topological polar surface area (TPSA) is 62.2 Å². The number of hydrogen-bond acceptors (Lipinski definition) is 4. The van der Waals surface area contributed by atoms with Crippen molar-refractivity contribution in [3.8, 4) is 5.75 Å². The van der Waals surface area contributed by atoms with Crippen molar-refractivity contribution in [1.82, 2.24) is 9.38 Å². The average molecular weight is 252 g/mol. The minimum Gasteiger partial charge on any atom is -0.508 e. The van der Waals surface area contributed by atoms with Gasteiger partial charge in [-0.15, -0.1) is 10.2 Å². The highest BCUT2D eigenvalue weighted by Gasteiger charge is 2.06. The molecule has 0 fully saturated rings. The number of aryl methyl sites for hydroxylation is 1. The van der Waals surface area contributed by atoms with Crippen molar-refractivity contribution in [2.24, 2.45) is 10.2 Å². The molecule has 0 aliphatic carbocycles. The van der Waals surface area contributed by atoms with Crippen molar-refractivity contribution in [1.29, 1.82) is 0 Å². The van der Waals surface area contributed by atoms with E-state index in [1.165, 1.54) is 0 Å². The largest absolute Gasteiger partial charge is 0.508 e. The van der Waals surface area contributed by atoms with E-state index in [9.17, 15) is 5.11 Å². The summed E-state index contributed by atoms with van der Waals surface area (Å²) in [6, 6.07) is 12.4. The lowest BCUT2D eigenvalue weighted by atomic mass is 10.3. The van der Waals surface area contributed by atoms with E-state index in [4.69, 9.17) is 0 Å². The lowest BCUT2D eigenvalue weighted by Crippen LogP contribution is -1.80. The third-order valence-corrected chi connectivity index (χ3v) is 2.78. The number of aromatic nitrogens is 2. The predicted molar refractivity (Wildman–Crippen MR) is 72.2 cm³/mol. The Morgan fingerprint density at radius 3 is 2.63 bits per heavy atom. The highest BCUT2D eigenvalue weighted by Crippen LogP contribution is 2.24. The number of fused-ring (bicyclic) bond motifs is 1. The van der Waals surface area contributed by atoms with Gasteiger partial charge in [0.15, 0.2) is 5.82 Å². The maximum Gasteiger partial charge on any atom is 0.182 e. The van der Waals surface area contributed by atoms with E-state index >= 15 is 0 Å². The predicted octanol–water partition coefficient (Wildman–Crippen LogP) is 3.76. The Morgan fingerprint density at radius 1 is 1.05 bits per heavy atom. The van der Waals surface area contributed by atoms with Crippen molar-refractivity contribution in [2.75, 3.05) is 0 Å². The lowest BCUT2D eigenvalue weighted by Gasteiger charge is -1.96. The molecule has 0 saturated heterocycles. The van der Waals surface area contributed by atoms with Gasteiger partial charge in [-0.25, -0.2) is 4.98 Å². The van der Waals surface area contributed by atoms with Crippen molar-refractivity contribution in [3.63, 3.8) is 0 Å². The molecule has 0 aliphatic rings. The fraction of sp³-hybridized carbons (Fsp3) is 0.0714. The van der Waals surface area contributed by atoms with Gasteiger partial charge in [0.05, 0.1) is 11.4 Å². The van der Waals surface area contributed by atoms with Gasteiger partial charge in [0.1, 0.15) is 11.4 Å². The molecule has 0 bridgehead atoms. The standard InChI is InChI=1S/C14H12N4O/c1-10-14(18-9-3-2-4-13(18)15-10)17-16-11-5-7-12(19)8-6-11/h2-9,19H,1H3. The molecule has 3 aromatic rings. The fourth-order valence-electron chi connectivity index (χ4n) is 1.85. The van der Waals surface area contributed by atoms with E-state index in [-0.39, 0.29) is 5.75 Å². The quantitative estimate of drug-likeness (QED) is 0.706. The molecule has 1 aromatic carbocycles. The van der Waals surface area contributed by atoms with E-state index in [1.807, 2.05) is 35.7 Å². The number of azo groups is 1. The van der Waals surface area contributed by atoms with Crippen LogP contribution < -0.4 is 0 Å². The van der Waals surface area contributed by atoms with Crippen LogP contribution in [0.2, 0.25) is 0 Å². The van der Waals surface area contributed by atoms with Gasteiger partial charge in [0.25, 0.3) is 0 Å². The molecule has 0 atom stereocenters. The van der Waals surface area contributed by atoms with Crippen molar-refractivity contribution in [3.05, 3.63) is 54.4 Å². The summed E-state index contributed by atoms with van der Waals surface area (Å²) in [5.74, 6) is 0.925. The third kappa shape index (κ3) is 2.18. The van der Waals surface area contributed by atoms with E-state index in [0.717, 1.165) is 11.3 Å². The van der Waals surface area contributed by atoms with E-state index in [0.29, 0.717) is 11.5 Å². The third-order valence-electron chi connectivity index (χ3n) is 2.78. The zero-order valence-corrected chi connectivity index (χ0v) is 10.4. The zero-order chi connectivity index (χ0) is 13.2. The number of imidazole rings is 1. The minimum absolute atomic E-state index is 0.213. The summed E-state index contributed by atoms with van der Waals surface area (Å²) in [5, 5.41) is 17.6. The molecule has 94 valence electrons. The molecule has 0 saturated carbocycles. The highest BCUT2D eigenvalue weighted by molar-refractivity contribution is 5.51. The van der Waals surface area contributed by atoms with Crippen LogP contribution in [-0.4, -0.2) is 14.5 Å². The Labute approximate surface area is 109 Å². The van der Waals surface area contributed by atoms with Crippen LogP contribution in [0.15, 0.2) is 58.9 Å². The summed E-state index contributed by atoms with van der Waals surface area (Å²) in [4.78, 5) is 4.41. The van der Waals surface area contributed by atoms with Crippen molar-refractivity contribution in [2.45, 2.75) is 6.92 Å². The maximum atomic E-state index is 9.21. The van der Waals surface area contributed by atoms with E-state index in [2.05, 4.69) is 15.2 Å². The summed E-state index contributed by atoms with van der Waals surface area (Å²) in [6.45, 7) is 1.90. The molecular weight excluding hydrogens is 240 g/mol. The molecule has 0 unspecified atom stereocenters. The lowest BCUT2D eigenvalue weighted by molar-refractivity contribution is 0.475. The Morgan fingerprint density at radius 2 is 1.84 bits per heavy atom. The second kappa shape index (κ2) is 4.53. The molecule has 0 aliphatic heterocycles. The van der Waals surface area contributed by atoms with Gasteiger partial charge in [0, 0.05) is 6.20 Å². The molecule has 2 heterocycles. The monoisotopic (exact) mass is 252 g/mol. The molecule has 2 aromatic heterocycles. The summed E-state index contributed by atoms with van der Waals surface area (Å²) < 4.78 is 1.89. The van der Waals surface area contributed by atoms with Gasteiger partial charge >= 0.3 is 0 Å². The second-order valence-electron chi connectivity index (χ2n) is 4.17. The molecule has 3 rings (SSSR count). The van der Waals surface area contributed by atoms with Crippen LogP contribution in [-0.2, 0) is 0 Å². The summed E-state index contributed by atoms with van der Waals surface area (Å²) >= 11 is 0. The number of phenols is 1. The van der Waals surface area contributed by atoms with Gasteiger partial charge in [-0.2, -0.15) is 0 Å². The van der Waals surface area contributed by atoms with Gasteiger partial charge in [-0.3, -0.25) is 4.40 Å². The van der Waals surface area contributed by atoms with Crippen molar-refractivity contribution >= 4 is 17.2 Å². The number of aromatic hydroxyl groups is 1. The van der Waals surface area contributed by atoms with Crippen LogP contribution in [0.4, 0.5) is 11.5 Å². The van der Waals surface area contributed by atoms with Crippen LogP contribution in [0.5, 0.6) is 5.75 Å². The molecular formula is C14H12N4O. The first-order valence-electron chi connectivity index (χ1n) is 5.88. The molecule has 19 heavy (non-hydrogen) atoms. The van der Waals surface area contributed by atoms with Gasteiger partial charge in [-0.05, 0) is 43.3 Å². The van der Waals surface area contributed by atoms with Crippen molar-refractivity contribution < 1.29 is 5.11 Å². The number of rotatable bonds is 2. The first-order valence-corrected chi connectivity index (χ1v) is 5.88. The van der Waals surface area contributed by atoms with E-state index in [1.54, 1.807) is 24.3 Å². The highest BCUT2D eigenvalue weighted by atomic mass is 16.3. The summed E-state index contributed by atoms with van der Waals surface area (Å²) in [6.07, 6.45) is 1.90. The van der Waals surface area contributed by atoms with Gasteiger partial charge in [-0.1, -0.05) is 6.07 Å². The molecule has 0 radical (unpaired) electrons. The SMILES string of the molecule is Cc1nc2ccccn2c1N=Nc1ccc(O)cc1. The number of nitrogens with zero attached hydrogens (tertiary/aromatic N) is 4. The number of benzene rings is 1. The number of hydrogen-bond donors (Lipinski definition) is 1. The Kier molecular flexibility index (Phi) is 2.72. The Hall–Kier alpha value is -2.69. The Balaban J connectivity index is 2.01. The summed E-state index contributed by atoms with van der Waals surface area (Å²) in [7, 11) is 0. The normalized spacial score (nSPS) is 11.4. The molecule has 5 heteroatoms. The molecule has 5 nitrogen and oxygen atoms in total. The fourth-order valence-corrected chi connectivity index (χ4v) is 1.85. The van der Waals surface area contributed by atoms with Gasteiger partial charge < -0.3 is 5.11 Å². The van der Waals surface area contributed by atoms with Crippen LogP contribution in [0.1, 0.15) is 5.69 Å². The van der Waals surface area contributed by atoms with Crippen LogP contribution >= 0.6 is 0 Å². The first-order chi connectivity index (χ1) is 9.24. The maximum absolute atomic E-state index is 9.21. The summed E-state index contributed by atoms with van der Waals surface area (Å²) in [5.41, 5.74) is 2.36.